The highest BCUT2D eigenvalue weighted by atomic mass is 19.4. The molecule has 0 amide bonds. The third kappa shape index (κ3) is 10.2. The van der Waals surface area contributed by atoms with E-state index in [-0.39, 0.29) is 18.1 Å². The van der Waals surface area contributed by atoms with E-state index in [4.69, 9.17) is 15.2 Å². The standard InChI is InChI=1S/C21H32F3N7O2/c1-2-3-9-26-18-29-19(27-10-12-33-14-13-32-11-8-25)31-20(30-18)28-15-16-6-4-5-7-17(16)21(22,23)24/h4-7H,2-3,8-15,25H2,1H3,(H3,26,27,28,29,30,31). The lowest BCUT2D eigenvalue weighted by molar-refractivity contribution is -0.138. The number of halogens is 3. The number of hydrogen-bond donors (Lipinski definition) is 4. The van der Waals surface area contributed by atoms with Crippen molar-refractivity contribution in [2.75, 3.05) is 62.0 Å². The van der Waals surface area contributed by atoms with Gasteiger partial charge in [-0.1, -0.05) is 31.5 Å². The molecule has 5 N–H and O–H groups in total. The van der Waals surface area contributed by atoms with Gasteiger partial charge < -0.3 is 31.2 Å². The second kappa shape index (κ2) is 14.4. The van der Waals surface area contributed by atoms with Crippen LogP contribution in [0.15, 0.2) is 24.3 Å². The molecule has 2 rings (SSSR count). The zero-order valence-corrected chi connectivity index (χ0v) is 18.7. The Bertz CT molecular complexity index is 825. The van der Waals surface area contributed by atoms with Crippen LogP contribution in [0.25, 0.3) is 0 Å². The molecule has 0 aliphatic carbocycles. The molecular formula is C21H32F3N7O2. The maximum atomic E-state index is 13.3. The van der Waals surface area contributed by atoms with Crippen molar-refractivity contribution in [1.29, 1.82) is 0 Å². The summed E-state index contributed by atoms with van der Waals surface area (Å²) in [5.41, 5.74) is 4.75. The van der Waals surface area contributed by atoms with Crippen LogP contribution in [0.2, 0.25) is 0 Å². The van der Waals surface area contributed by atoms with Gasteiger partial charge in [-0.2, -0.15) is 28.1 Å². The van der Waals surface area contributed by atoms with E-state index in [9.17, 15) is 13.2 Å². The molecule has 9 nitrogen and oxygen atoms in total. The summed E-state index contributed by atoms with van der Waals surface area (Å²) in [7, 11) is 0. The van der Waals surface area contributed by atoms with Crippen molar-refractivity contribution in [1.82, 2.24) is 15.0 Å². The Labute approximate surface area is 191 Å². The smallest absolute Gasteiger partial charge is 0.378 e. The van der Waals surface area contributed by atoms with Gasteiger partial charge in [0.05, 0.1) is 32.0 Å². The van der Waals surface area contributed by atoms with Crippen LogP contribution in [0, 0.1) is 0 Å². The summed E-state index contributed by atoms with van der Waals surface area (Å²) in [6, 6.07) is 5.40. The van der Waals surface area contributed by atoms with E-state index in [0.717, 1.165) is 18.9 Å². The van der Waals surface area contributed by atoms with Crippen LogP contribution in [0.4, 0.5) is 31.0 Å². The molecule has 0 bridgehead atoms. The first kappa shape index (κ1) is 26.6. The molecule has 12 heteroatoms. The molecule has 0 saturated carbocycles. The van der Waals surface area contributed by atoms with Gasteiger partial charge in [-0.25, -0.2) is 0 Å². The molecule has 1 aromatic carbocycles. The number of nitrogens with two attached hydrogens (primary N) is 1. The Hall–Kier alpha value is -2.70. The van der Waals surface area contributed by atoms with Crippen molar-refractivity contribution < 1.29 is 22.6 Å². The van der Waals surface area contributed by atoms with Crippen LogP contribution in [-0.4, -0.2) is 61.0 Å². The average molecular weight is 472 g/mol. The van der Waals surface area contributed by atoms with Crippen LogP contribution in [0.3, 0.4) is 0 Å². The fraction of sp³-hybridized carbons (Fsp3) is 0.571. The monoisotopic (exact) mass is 471 g/mol. The Kier molecular flexibility index (Phi) is 11.6. The van der Waals surface area contributed by atoms with E-state index in [0.29, 0.717) is 58.0 Å². The van der Waals surface area contributed by atoms with E-state index in [1.54, 1.807) is 6.07 Å². The number of alkyl halides is 3. The summed E-state index contributed by atoms with van der Waals surface area (Å²) < 4.78 is 50.4. The zero-order valence-electron chi connectivity index (χ0n) is 18.7. The van der Waals surface area contributed by atoms with Gasteiger partial charge >= 0.3 is 6.18 Å². The largest absolute Gasteiger partial charge is 0.416 e. The molecule has 33 heavy (non-hydrogen) atoms. The number of rotatable bonds is 16. The maximum Gasteiger partial charge on any atom is 0.416 e. The summed E-state index contributed by atoms with van der Waals surface area (Å²) in [4.78, 5) is 12.9. The van der Waals surface area contributed by atoms with E-state index >= 15 is 0 Å². The summed E-state index contributed by atoms with van der Waals surface area (Å²) in [5, 5.41) is 9.03. The number of benzene rings is 1. The molecule has 0 unspecified atom stereocenters. The number of unbranched alkanes of at least 4 members (excludes halogenated alkanes) is 1. The zero-order chi connectivity index (χ0) is 23.9. The second-order valence-corrected chi connectivity index (χ2v) is 7.04. The normalized spacial score (nSPS) is 11.4. The Morgan fingerprint density at radius 2 is 1.45 bits per heavy atom. The highest BCUT2D eigenvalue weighted by molar-refractivity contribution is 5.43. The van der Waals surface area contributed by atoms with Gasteiger partial charge in [-0.15, -0.1) is 0 Å². The van der Waals surface area contributed by atoms with Gasteiger partial charge in [0.15, 0.2) is 0 Å². The molecule has 2 aromatic rings. The summed E-state index contributed by atoms with van der Waals surface area (Å²) in [6.07, 6.45) is -2.52. The Morgan fingerprint density at radius 3 is 2.09 bits per heavy atom. The predicted octanol–water partition coefficient (Wildman–Crippen LogP) is 3.12. The average Bonchev–Trinajstić information content (AvgIpc) is 2.79. The van der Waals surface area contributed by atoms with Crippen molar-refractivity contribution in [2.45, 2.75) is 32.5 Å². The van der Waals surface area contributed by atoms with Gasteiger partial charge in [-0.05, 0) is 18.1 Å². The van der Waals surface area contributed by atoms with E-state index in [1.807, 2.05) is 0 Å². The SMILES string of the molecule is CCCCNc1nc(NCCOCCOCCN)nc(NCc2ccccc2C(F)(F)F)n1. The number of nitrogens with one attached hydrogen (secondary N) is 3. The first-order valence-electron chi connectivity index (χ1n) is 10.9. The summed E-state index contributed by atoms with van der Waals surface area (Å²) in [5.74, 6) is 0.793. The van der Waals surface area contributed by atoms with Crippen molar-refractivity contribution in [3.8, 4) is 0 Å². The van der Waals surface area contributed by atoms with Crippen molar-refractivity contribution in [3.05, 3.63) is 35.4 Å². The molecule has 0 aliphatic rings. The molecule has 1 aromatic heterocycles. The molecule has 1 heterocycles. The predicted molar refractivity (Wildman–Crippen MR) is 121 cm³/mol. The van der Waals surface area contributed by atoms with Gasteiger partial charge in [0.1, 0.15) is 0 Å². The number of anilines is 3. The van der Waals surface area contributed by atoms with Crippen LogP contribution in [0.1, 0.15) is 30.9 Å². The molecule has 184 valence electrons. The van der Waals surface area contributed by atoms with Gasteiger partial charge in [0, 0.05) is 26.2 Å². The van der Waals surface area contributed by atoms with Crippen molar-refractivity contribution in [3.63, 3.8) is 0 Å². The minimum atomic E-state index is -4.44. The molecular weight excluding hydrogens is 439 g/mol. The first-order chi connectivity index (χ1) is 15.9. The first-order valence-corrected chi connectivity index (χ1v) is 10.9. The highest BCUT2D eigenvalue weighted by Gasteiger charge is 2.32. The van der Waals surface area contributed by atoms with Crippen LogP contribution < -0.4 is 21.7 Å². The number of hydrogen-bond acceptors (Lipinski definition) is 9. The highest BCUT2D eigenvalue weighted by Crippen LogP contribution is 2.32. The van der Waals surface area contributed by atoms with Crippen LogP contribution >= 0.6 is 0 Å². The molecule has 0 aliphatic heterocycles. The van der Waals surface area contributed by atoms with E-state index < -0.39 is 11.7 Å². The lowest BCUT2D eigenvalue weighted by atomic mass is 10.1. The molecule has 0 atom stereocenters. The molecule has 0 fully saturated rings. The fourth-order valence-corrected chi connectivity index (χ4v) is 2.76. The third-order valence-corrected chi connectivity index (χ3v) is 4.37. The lowest BCUT2D eigenvalue weighted by Gasteiger charge is -2.14. The van der Waals surface area contributed by atoms with Crippen molar-refractivity contribution >= 4 is 17.8 Å². The number of nitrogens with zero attached hydrogens (tertiary/aromatic N) is 3. The second-order valence-electron chi connectivity index (χ2n) is 7.04. The Morgan fingerprint density at radius 1 is 0.848 bits per heavy atom. The third-order valence-electron chi connectivity index (χ3n) is 4.37. The number of ether oxygens (including phenoxy) is 2. The van der Waals surface area contributed by atoms with Crippen LogP contribution in [0.5, 0.6) is 0 Å². The van der Waals surface area contributed by atoms with E-state index in [1.165, 1.54) is 12.1 Å². The topological polar surface area (TPSA) is 119 Å². The Balaban J connectivity index is 1.98. The minimum absolute atomic E-state index is 0.0839. The van der Waals surface area contributed by atoms with Gasteiger partial charge in [0.25, 0.3) is 0 Å². The van der Waals surface area contributed by atoms with Gasteiger partial charge in [-0.3, -0.25) is 0 Å². The lowest BCUT2D eigenvalue weighted by Crippen LogP contribution is -2.17. The summed E-state index contributed by atoms with van der Waals surface area (Å²) in [6.45, 7) is 5.34. The molecule has 0 spiro atoms. The summed E-state index contributed by atoms with van der Waals surface area (Å²) >= 11 is 0. The fourth-order valence-electron chi connectivity index (χ4n) is 2.76. The van der Waals surface area contributed by atoms with E-state index in [2.05, 4.69) is 37.8 Å². The van der Waals surface area contributed by atoms with Gasteiger partial charge in [0.2, 0.25) is 17.8 Å². The molecule has 0 saturated heterocycles. The quantitative estimate of drug-likeness (QED) is 0.274. The van der Waals surface area contributed by atoms with Crippen molar-refractivity contribution in [2.24, 2.45) is 5.73 Å². The minimum Gasteiger partial charge on any atom is -0.378 e. The number of aromatic nitrogens is 3. The van der Waals surface area contributed by atoms with Crippen LogP contribution in [-0.2, 0) is 22.2 Å². The molecule has 0 radical (unpaired) electrons. The maximum absolute atomic E-state index is 13.3.